The molecular weight excluding hydrogens is 466 g/mol. The van der Waals surface area contributed by atoms with Gasteiger partial charge >= 0.3 is 0 Å². The van der Waals surface area contributed by atoms with Gasteiger partial charge in [0, 0.05) is 17.1 Å². The molecule has 30 heavy (non-hydrogen) atoms. The number of carbonyl (C=O) groups excluding carboxylic acids is 1. The first kappa shape index (κ1) is 21.6. The minimum absolute atomic E-state index is 0.123. The van der Waals surface area contributed by atoms with E-state index in [1.54, 1.807) is 30.3 Å². The van der Waals surface area contributed by atoms with Crippen LogP contribution < -0.4 is 24.8 Å². The van der Waals surface area contributed by atoms with E-state index in [1.807, 2.05) is 37.3 Å². The van der Waals surface area contributed by atoms with Gasteiger partial charge in [-0.25, -0.2) is 0 Å². The number of amides is 1. The van der Waals surface area contributed by atoms with E-state index in [9.17, 15) is 14.9 Å². The average molecular weight is 484 g/mol. The molecule has 152 valence electrons. The van der Waals surface area contributed by atoms with Crippen molar-refractivity contribution in [2.45, 2.75) is 6.92 Å². The van der Waals surface area contributed by atoms with Crippen LogP contribution in [0.1, 0.15) is 12.5 Å². The van der Waals surface area contributed by atoms with Crippen molar-refractivity contribution in [3.8, 4) is 17.5 Å². The molecule has 3 rings (SSSR count). The van der Waals surface area contributed by atoms with Crippen LogP contribution in [-0.4, -0.2) is 24.1 Å². The van der Waals surface area contributed by atoms with Gasteiger partial charge in [0.25, 0.3) is 11.5 Å². The van der Waals surface area contributed by atoms with E-state index in [-0.39, 0.29) is 15.8 Å². The molecule has 1 heterocycles. The lowest BCUT2D eigenvalue weighted by molar-refractivity contribution is -0.115. The summed E-state index contributed by atoms with van der Waals surface area (Å²) in [6.07, 6.45) is 1.71. The minimum Gasteiger partial charge on any atom is -0.493 e. The number of nitrogens with zero attached hydrogens (tertiary/aromatic N) is 2. The summed E-state index contributed by atoms with van der Waals surface area (Å²) in [5.41, 5.74) is 0.849. The zero-order valence-electron chi connectivity index (χ0n) is 16.3. The van der Waals surface area contributed by atoms with E-state index in [0.29, 0.717) is 22.6 Å². The summed E-state index contributed by atoms with van der Waals surface area (Å²) in [6, 6.07) is 16.4. The lowest BCUT2D eigenvalue weighted by Gasteiger charge is -2.06. The fraction of sp³-hybridized carbons (Fsp3) is 0.136. The quantitative estimate of drug-likeness (QED) is 0.603. The molecule has 6 nitrogen and oxygen atoms in total. The van der Waals surface area contributed by atoms with Gasteiger partial charge in [0.05, 0.1) is 16.8 Å². The van der Waals surface area contributed by atoms with Gasteiger partial charge in [0.2, 0.25) is 0 Å². The summed E-state index contributed by atoms with van der Waals surface area (Å²) in [6.45, 7) is 2.37. The second kappa shape index (κ2) is 9.57. The van der Waals surface area contributed by atoms with Crippen LogP contribution in [0.25, 0.3) is 17.3 Å². The van der Waals surface area contributed by atoms with Gasteiger partial charge in [-0.05, 0) is 43.3 Å². The Labute approximate surface area is 185 Å². The largest absolute Gasteiger partial charge is 0.493 e. The molecule has 0 atom stereocenters. The number of rotatable bonds is 5. The molecule has 3 aromatic rings. The molecule has 0 aliphatic heterocycles. The van der Waals surface area contributed by atoms with Crippen LogP contribution in [0.15, 0.2) is 57.8 Å². The predicted octanol–water partition coefficient (Wildman–Crippen LogP) is 2.31. The highest BCUT2D eigenvalue weighted by atomic mass is 79.9. The highest BCUT2D eigenvalue weighted by Crippen LogP contribution is 2.23. The molecule has 0 aliphatic carbocycles. The minimum atomic E-state index is -0.549. The van der Waals surface area contributed by atoms with Crippen LogP contribution in [0, 0.1) is 11.3 Å². The molecule has 0 saturated carbocycles. The maximum Gasteiger partial charge on any atom is 0.273 e. The molecule has 8 heteroatoms. The first-order chi connectivity index (χ1) is 14.5. The van der Waals surface area contributed by atoms with Gasteiger partial charge in [0.1, 0.15) is 16.5 Å². The number of carbonyl (C=O) groups is 1. The first-order valence-corrected chi connectivity index (χ1v) is 10.7. The number of hydrogen-bond donors (Lipinski definition) is 1. The summed E-state index contributed by atoms with van der Waals surface area (Å²) < 4.78 is 8.55. The molecule has 0 radical (unpaired) electrons. The number of halogens is 1. The van der Waals surface area contributed by atoms with Crippen LogP contribution >= 0.6 is 27.3 Å². The van der Waals surface area contributed by atoms with Crippen molar-refractivity contribution in [1.29, 1.82) is 5.26 Å². The van der Waals surface area contributed by atoms with Gasteiger partial charge in [0.15, 0.2) is 5.57 Å². The maximum absolute atomic E-state index is 13.3. The third kappa shape index (κ3) is 4.37. The fourth-order valence-corrected chi connectivity index (χ4v) is 4.31. The number of nitriles is 1. The van der Waals surface area contributed by atoms with Crippen molar-refractivity contribution in [3.05, 3.63) is 78.1 Å². The standard InChI is InChI=1S/C22H18BrN3O3S/c1-3-29-18-10-9-15(23)11-14(18)12-19-21(28)26(16-7-5-4-6-8-16)22(30-19)17(13-24)20(27)25-2/h4-12H,3H2,1-2H3,(H,25,27). The Balaban J connectivity index is 2.41. The molecule has 0 aliphatic rings. The SMILES string of the molecule is CCOc1ccc(Br)cc1C=c1sc(=C(C#N)C(=O)NC)n(-c2ccccc2)c1=O. The van der Waals surface area contributed by atoms with Gasteiger partial charge < -0.3 is 10.1 Å². The summed E-state index contributed by atoms with van der Waals surface area (Å²) in [7, 11) is 1.45. The first-order valence-electron chi connectivity index (χ1n) is 9.08. The number of ether oxygens (including phenoxy) is 1. The lowest BCUT2D eigenvalue weighted by Crippen LogP contribution is -2.33. The van der Waals surface area contributed by atoms with E-state index < -0.39 is 5.91 Å². The molecule has 0 fully saturated rings. The predicted molar refractivity (Wildman–Crippen MR) is 121 cm³/mol. The Kier molecular flexibility index (Phi) is 6.87. The van der Waals surface area contributed by atoms with Gasteiger partial charge in [-0.15, -0.1) is 11.3 Å². The summed E-state index contributed by atoms with van der Waals surface area (Å²) in [5, 5.41) is 12.1. The highest BCUT2D eigenvalue weighted by molar-refractivity contribution is 9.10. The summed E-state index contributed by atoms with van der Waals surface area (Å²) in [4.78, 5) is 25.6. The van der Waals surface area contributed by atoms with E-state index in [4.69, 9.17) is 4.74 Å². The van der Waals surface area contributed by atoms with Crippen LogP contribution in [0.2, 0.25) is 0 Å². The molecule has 2 aromatic carbocycles. The van der Waals surface area contributed by atoms with Gasteiger partial charge in [-0.1, -0.05) is 34.1 Å². The molecule has 1 amide bonds. The second-order valence-corrected chi connectivity index (χ2v) is 8.02. The molecule has 0 spiro atoms. The van der Waals surface area contributed by atoms with Crippen molar-refractivity contribution in [2.24, 2.45) is 0 Å². The van der Waals surface area contributed by atoms with Crippen LogP contribution in [0.3, 0.4) is 0 Å². The maximum atomic E-state index is 13.3. The van der Waals surface area contributed by atoms with E-state index in [0.717, 1.165) is 21.4 Å². The van der Waals surface area contributed by atoms with Gasteiger partial charge in [-0.2, -0.15) is 5.26 Å². The third-order valence-electron chi connectivity index (χ3n) is 4.18. The normalized spacial score (nSPS) is 12.3. The van der Waals surface area contributed by atoms with E-state index in [1.165, 1.54) is 11.6 Å². The zero-order valence-corrected chi connectivity index (χ0v) is 18.7. The molecule has 0 bridgehead atoms. The van der Waals surface area contributed by atoms with E-state index >= 15 is 0 Å². The molecule has 0 unspecified atom stereocenters. The highest BCUT2D eigenvalue weighted by Gasteiger charge is 2.16. The van der Waals surface area contributed by atoms with Crippen LogP contribution in [-0.2, 0) is 4.79 Å². The Morgan fingerprint density at radius 1 is 1.30 bits per heavy atom. The van der Waals surface area contributed by atoms with Crippen molar-refractivity contribution in [2.75, 3.05) is 13.7 Å². The number of para-hydroxylation sites is 1. The van der Waals surface area contributed by atoms with Crippen LogP contribution in [0.4, 0.5) is 0 Å². The Bertz CT molecular complexity index is 1300. The van der Waals surface area contributed by atoms with Gasteiger partial charge in [-0.3, -0.25) is 14.2 Å². The lowest BCUT2D eigenvalue weighted by atomic mass is 10.2. The van der Waals surface area contributed by atoms with E-state index in [2.05, 4.69) is 21.2 Å². The number of nitrogens with one attached hydrogen (secondary N) is 1. The van der Waals surface area contributed by atoms with Crippen molar-refractivity contribution >= 4 is 44.8 Å². The van der Waals surface area contributed by atoms with Crippen LogP contribution in [0.5, 0.6) is 5.75 Å². The molecule has 1 N–H and O–H groups in total. The molecule has 1 aromatic heterocycles. The van der Waals surface area contributed by atoms with Crippen molar-refractivity contribution in [3.63, 3.8) is 0 Å². The zero-order chi connectivity index (χ0) is 21.7. The average Bonchev–Trinajstić information content (AvgIpc) is 3.06. The smallest absolute Gasteiger partial charge is 0.273 e. The Hall–Kier alpha value is -3.15. The number of thiazole rings is 1. The summed E-state index contributed by atoms with van der Waals surface area (Å²) in [5.74, 6) is 0.0875. The van der Waals surface area contributed by atoms with Crippen molar-refractivity contribution < 1.29 is 9.53 Å². The third-order valence-corrected chi connectivity index (χ3v) is 5.76. The molecular formula is C22H18BrN3O3S. The number of aromatic nitrogens is 1. The molecule has 0 saturated heterocycles. The number of hydrogen-bond acceptors (Lipinski definition) is 5. The fourth-order valence-electron chi connectivity index (χ4n) is 2.84. The topological polar surface area (TPSA) is 84.1 Å². The van der Waals surface area contributed by atoms with Crippen molar-refractivity contribution in [1.82, 2.24) is 9.88 Å². The number of benzene rings is 2. The Morgan fingerprint density at radius 2 is 2.03 bits per heavy atom. The second-order valence-electron chi connectivity index (χ2n) is 6.07. The monoisotopic (exact) mass is 483 g/mol. The Morgan fingerprint density at radius 3 is 2.67 bits per heavy atom. The summed E-state index contributed by atoms with van der Waals surface area (Å²) >= 11 is 4.53.